The van der Waals surface area contributed by atoms with Crippen molar-refractivity contribution in [3.05, 3.63) is 0 Å². The van der Waals surface area contributed by atoms with Gasteiger partial charge in [-0.3, -0.25) is 4.79 Å². The first-order valence-corrected chi connectivity index (χ1v) is 5.03. The third-order valence-electron chi connectivity index (χ3n) is 2.71. The van der Waals surface area contributed by atoms with Crippen molar-refractivity contribution in [3.8, 4) is 0 Å². The van der Waals surface area contributed by atoms with Crippen LogP contribution in [0, 0.1) is 11.3 Å². The van der Waals surface area contributed by atoms with Gasteiger partial charge >= 0.3 is 5.97 Å². The van der Waals surface area contributed by atoms with Crippen LogP contribution in [0.25, 0.3) is 0 Å². The van der Waals surface area contributed by atoms with Crippen molar-refractivity contribution in [2.75, 3.05) is 19.8 Å². The summed E-state index contributed by atoms with van der Waals surface area (Å²) < 4.78 is 4.98. The summed E-state index contributed by atoms with van der Waals surface area (Å²) in [7, 11) is 0. The lowest BCUT2D eigenvalue weighted by Gasteiger charge is -2.33. The molecule has 0 aromatic carbocycles. The summed E-state index contributed by atoms with van der Waals surface area (Å²) in [5.41, 5.74) is 4.88. The quantitative estimate of drug-likeness (QED) is 0.618. The molecule has 0 aliphatic carbocycles. The SMILES string of the molecule is CCOC(=O)C(CN)(CCO)C(C)C. The number of hydrogen-bond acceptors (Lipinski definition) is 4. The van der Waals surface area contributed by atoms with E-state index in [4.69, 9.17) is 15.6 Å². The van der Waals surface area contributed by atoms with Gasteiger partial charge in [0.1, 0.15) is 0 Å². The predicted molar refractivity (Wildman–Crippen MR) is 54.7 cm³/mol. The smallest absolute Gasteiger partial charge is 0.313 e. The van der Waals surface area contributed by atoms with E-state index in [1.165, 1.54) is 0 Å². The van der Waals surface area contributed by atoms with E-state index in [-0.39, 0.29) is 25.0 Å². The summed E-state index contributed by atoms with van der Waals surface area (Å²) in [5, 5.41) is 8.94. The maximum absolute atomic E-state index is 11.7. The third kappa shape index (κ3) is 2.69. The molecular weight excluding hydrogens is 182 g/mol. The maximum atomic E-state index is 11.7. The van der Waals surface area contributed by atoms with E-state index >= 15 is 0 Å². The molecule has 0 radical (unpaired) electrons. The average molecular weight is 203 g/mol. The molecule has 0 rings (SSSR count). The van der Waals surface area contributed by atoms with Gasteiger partial charge in [-0.2, -0.15) is 0 Å². The standard InChI is InChI=1S/C10H21NO3/c1-4-14-9(13)10(7-11,5-6-12)8(2)3/h8,12H,4-7,11H2,1-3H3. The number of esters is 1. The number of carbonyl (C=O) groups is 1. The largest absolute Gasteiger partial charge is 0.466 e. The molecule has 1 unspecified atom stereocenters. The monoisotopic (exact) mass is 203 g/mol. The summed E-state index contributed by atoms with van der Waals surface area (Å²) in [6.45, 7) is 6.11. The molecule has 0 aromatic heterocycles. The summed E-state index contributed by atoms with van der Waals surface area (Å²) in [5.74, 6) is -0.231. The fourth-order valence-electron chi connectivity index (χ4n) is 1.52. The van der Waals surface area contributed by atoms with Crippen molar-refractivity contribution in [2.45, 2.75) is 27.2 Å². The Morgan fingerprint density at radius 3 is 2.43 bits per heavy atom. The van der Waals surface area contributed by atoms with Gasteiger partial charge in [-0.25, -0.2) is 0 Å². The highest BCUT2D eigenvalue weighted by Crippen LogP contribution is 2.31. The number of rotatable bonds is 6. The Balaban J connectivity index is 4.73. The van der Waals surface area contributed by atoms with E-state index in [1.54, 1.807) is 6.92 Å². The molecule has 0 spiro atoms. The Kier molecular flexibility index (Phi) is 5.72. The van der Waals surface area contributed by atoms with Gasteiger partial charge in [0.2, 0.25) is 0 Å². The molecule has 3 N–H and O–H groups in total. The van der Waals surface area contributed by atoms with Gasteiger partial charge in [-0.15, -0.1) is 0 Å². The van der Waals surface area contributed by atoms with Crippen LogP contribution in [0.15, 0.2) is 0 Å². The van der Waals surface area contributed by atoms with Gasteiger partial charge in [0.15, 0.2) is 0 Å². The Labute approximate surface area is 85.4 Å². The molecule has 84 valence electrons. The van der Waals surface area contributed by atoms with Crippen LogP contribution < -0.4 is 5.73 Å². The molecule has 0 aromatic rings. The minimum absolute atomic E-state index is 0.0474. The number of carbonyl (C=O) groups excluding carboxylic acids is 1. The first-order valence-electron chi connectivity index (χ1n) is 5.03. The molecular formula is C10H21NO3. The normalized spacial score (nSPS) is 15.3. The minimum atomic E-state index is -0.731. The van der Waals surface area contributed by atoms with Gasteiger partial charge < -0.3 is 15.6 Å². The molecule has 4 nitrogen and oxygen atoms in total. The lowest BCUT2D eigenvalue weighted by molar-refractivity contribution is -0.159. The Morgan fingerprint density at radius 1 is 1.57 bits per heavy atom. The molecule has 0 bridgehead atoms. The number of aliphatic hydroxyl groups is 1. The number of hydrogen-bond donors (Lipinski definition) is 2. The van der Waals surface area contributed by atoms with Crippen LogP contribution in [0.1, 0.15) is 27.2 Å². The van der Waals surface area contributed by atoms with Crippen molar-refractivity contribution in [1.29, 1.82) is 0 Å². The van der Waals surface area contributed by atoms with Crippen molar-refractivity contribution >= 4 is 5.97 Å². The lowest BCUT2D eigenvalue weighted by Crippen LogP contribution is -2.45. The highest BCUT2D eigenvalue weighted by atomic mass is 16.5. The van der Waals surface area contributed by atoms with Crippen molar-refractivity contribution < 1.29 is 14.6 Å². The van der Waals surface area contributed by atoms with Crippen LogP contribution in [0.2, 0.25) is 0 Å². The number of aliphatic hydroxyl groups excluding tert-OH is 1. The molecule has 14 heavy (non-hydrogen) atoms. The molecule has 0 aliphatic heterocycles. The topological polar surface area (TPSA) is 72.5 Å². The van der Waals surface area contributed by atoms with E-state index in [2.05, 4.69) is 0 Å². The maximum Gasteiger partial charge on any atom is 0.313 e. The van der Waals surface area contributed by atoms with Gasteiger partial charge in [0, 0.05) is 13.2 Å². The Hall–Kier alpha value is -0.610. The molecule has 0 heterocycles. The van der Waals surface area contributed by atoms with Crippen LogP contribution >= 0.6 is 0 Å². The third-order valence-corrected chi connectivity index (χ3v) is 2.71. The van der Waals surface area contributed by atoms with E-state index in [9.17, 15) is 4.79 Å². The molecule has 0 aliphatic rings. The summed E-state index contributed by atoms with van der Waals surface area (Å²) in [6.07, 6.45) is 0.361. The first-order chi connectivity index (χ1) is 6.55. The van der Waals surface area contributed by atoms with Gasteiger partial charge in [0.25, 0.3) is 0 Å². The zero-order valence-corrected chi connectivity index (χ0v) is 9.25. The van der Waals surface area contributed by atoms with Gasteiger partial charge in [0.05, 0.1) is 12.0 Å². The fourth-order valence-corrected chi connectivity index (χ4v) is 1.52. The molecule has 0 saturated carbocycles. The molecule has 0 saturated heterocycles. The minimum Gasteiger partial charge on any atom is -0.466 e. The number of ether oxygens (including phenoxy) is 1. The van der Waals surface area contributed by atoms with E-state index in [0.29, 0.717) is 13.0 Å². The lowest BCUT2D eigenvalue weighted by atomic mass is 9.74. The van der Waals surface area contributed by atoms with E-state index < -0.39 is 5.41 Å². The van der Waals surface area contributed by atoms with Crippen LogP contribution in [0.5, 0.6) is 0 Å². The van der Waals surface area contributed by atoms with Crippen LogP contribution in [-0.2, 0) is 9.53 Å². The second-order valence-corrected chi connectivity index (χ2v) is 3.71. The Morgan fingerprint density at radius 2 is 2.14 bits per heavy atom. The van der Waals surface area contributed by atoms with Crippen LogP contribution in [-0.4, -0.2) is 30.8 Å². The van der Waals surface area contributed by atoms with Crippen molar-refractivity contribution in [2.24, 2.45) is 17.1 Å². The average Bonchev–Trinajstić information content (AvgIpc) is 2.14. The molecule has 1 atom stereocenters. The van der Waals surface area contributed by atoms with Gasteiger partial charge in [-0.1, -0.05) is 13.8 Å². The van der Waals surface area contributed by atoms with E-state index in [0.717, 1.165) is 0 Å². The second kappa shape index (κ2) is 5.98. The van der Waals surface area contributed by atoms with Crippen LogP contribution in [0.4, 0.5) is 0 Å². The molecule has 0 amide bonds. The molecule has 4 heteroatoms. The summed E-state index contributed by atoms with van der Waals surface area (Å²) in [4.78, 5) is 11.7. The highest BCUT2D eigenvalue weighted by molar-refractivity contribution is 5.77. The van der Waals surface area contributed by atoms with Crippen molar-refractivity contribution in [3.63, 3.8) is 0 Å². The summed E-state index contributed by atoms with van der Waals surface area (Å²) in [6, 6.07) is 0. The fraction of sp³-hybridized carbons (Fsp3) is 0.900. The zero-order valence-electron chi connectivity index (χ0n) is 9.25. The second-order valence-electron chi connectivity index (χ2n) is 3.71. The van der Waals surface area contributed by atoms with Gasteiger partial charge in [-0.05, 0) is 19.3 Å². The van der Waals surface area contributed by atoms with E-state index in [1.807, 2.05) is 13.8 Å². The molecule has 0 fully saturated rings. The first kappa shape index (κ1) is 13.4. The van der Waals surface area contributed by atoms with Crippen molar-refractivity contribution in [1.82, 2.24) is 0 Å². The predicted octanol–water partition coefficient (Wildman–Crippen LogP) is 0.533. The Bertz CT molecular complexity index is 182. The zero-order chi connectivity index (χ0) is 11.2. The highest BCUT2D eigenvalue weighted by Gasteiger charge is 2.41. The van der Waals surface area contributed by atoms with Crippen LogP contribution in [0.3, 0.4) is 0 Å². The summed E-state index contributed by atoms with van der Waals surface area (Å²) >= 11 is 0. The number of nitrogens with two attached hydrogens (primary N) is 1.